The predicted molar refractivity (Wildman–Crippen MR) is 111 cm³/mol. The summed E-state index contributed by atoms with van der Waals surface area (Å²) in [7, 11) is 1.95. The number of nitro groups is 1. The number of ketones is 1. The van der Waals surface area contributed by atoms with Crippen molar-refractivity contribution >= 4 is 23.1 Å². The van der Waals surface area contributed by atoms with Crippen molar-refractivity contribution in [1.29, 1.82) is 0 Å². The summed E-state index contributed by atoms with van der Waals surface area (Å²) in [5.74, 6) is -0.0818. The zero-order valence-electron chi connectivity index (χ0n) is 15.8. The van der Waals surface area contributed by atoms with Crippen molar-refractivity contribution in [2.45, 2.75) is 20.0 Å². The van der Waals surface area contributed by atoms with Gasteiger partial charge in [-0.3, -0.25) is 14.9 Å². The summed E-state index contributed by atoms with van der Waals surface area (Å²) in [4.78, 5) is 21.9. The van der Waals surface area contributed by atoms with Crippen LogP contribution in [0.4, 0.5) is 5.69 Å². The number of hydrogen-bond acceptors (Lipinski definition) is 4. The summed E-state index contributed by atoms with van der Waals surface area (Å²) in [6.07, 6.45) is 1.72. The number of carbonyl (C=O) groups excluding carboxylic acids is 1. The number of nitrogens with zero attached hydrogens (tertiary/aromatic N) is 2. The molecule has 1 N–H and O–H groups in total. The molecular weight excluding hydrogens is 378 g/mol. The van der Waals surface area contributed by atoms with Gasteiger partial charge in [-0.1, -0.05) is 41.9 Å². The number of rotatable bonds is 6. The van der Waals surface area contributed by atoms with Gasteiger partial charge in [0.1, 0.15) is 0 Å². The number of carbonyl (C=O) groups is 1. The molecule has 0 aliphatic carbocycles. The van der Waals surface area contributed by atoms with Crippen LogP contribution in [0, 0.1) is 10.1 Å². The van der Waals surface area contributed by atoms with Gasteiger partial charge in [0.05, 0.1) is 17.2 Å². The second-order valence-electron chi connectivity index (χ2n) is 6.12. The molecule has 6 nitrogen and oxygen atoms in total. The highest BCUT2D eigenvalue weighted by molar-refractivity contribution is 6.30. The quantitative estimate of drug-likeness (QED) is 0.370. The number of nitro benzene ring substituents is 1. The average molecular weight is 400 g/mol. The summed E-state index contributed by atoms with van der Waals surface area (Å²) >= 11 is 5.76. The lowest BCUT2D eigenvalue weighted by Crippen LogP contribution is -2.08. The van der Waals surface area contributed by atoms with E-state index < -0.39 is 4.92 Å². The molecule has 7 heteroatoms. The van der Waals surface area contributed by atoms with Gasteiger partial charge in [0, 0.05) is 36.3 Å². The molecule has 0 aliphatic heterocycles. The highest BCUT2D eigenvalue weighted by Crippen LogP contribution is 2.24. The Bertz CT molecular complexity index is 939. The summed E-state index contributed by atoms with van der Waals surface area (Å²) in [6.45, 7) is 2.68. The third-order valence-electron chi connectivity index (χ3n) is 4.00. The first-order chi connectivity index (χ1) is 13.4. The Kier molecular flexibility index (Phi) is 7.92. The largest absolute Gasteiger partial charge is 0.340 e. The maximum absolute atomic E-state index is 11.4. The van der Waals surface area contributed by atoms with E-state index >= 15 is 0 Å². The first-order valence-corrected chi connectivity index (χ1v) is 9.07. The van der Waals surface area contributed by atoms with Crippen LogP contribution in [0.25, 0.3) is 0 Å². The summed E-state index contributed by atoms with van der Waals surface area (Å²) in [6, 6.07) is 18.3. The molecule has 28 heavy (non-hydrogen) atoms. The molecule has 0 saturated heterocycles. The van der Waals surface area contributed by atoms with Crippen molar-refractivity contribution < 1.29 is 9.72 Å². The van der Waals surface area contributed by atoms with Gasteiger partial charge < -0.3 is 9.88 Å². The first-order valence-electron chi connectivity index (χ1n) is 8.69. The third kappa shape index (κ3) is 6.04. The molecule has 2 aromatic carbocycles. The van der Waals surface area contributed by atoms with Crippen LogP contribution in [-0.2, 0) is 13.1 Å². The molecule has 0 saturated carbocycles. The van der Waals surface area contributed by atoms with Crippen LogP contribution in [0.5, 0.6) is 0 Å². The normalized spacial score (nSPS) is 10.1. The SMILES string of the molecule is CC(=O)c1cccn1Cc1ccc(Cl)cc1[N+](=O)[O-].CNCc1ccccc1. The number of hydrogen-bond donors (Lipinski definition) is 1. The van der Waals surface area contributed by atoms with Crippen molar-refractivity contribution in [2.24, 2.45) is 0 Å². The van der Waals surface area contributed by atoms with E-state index in [2.05, 4.69) is 17.4 Å². The van der Waals surface area contributed by atoms with E-state index in [0.29, 0.717) is 16.3 Å². The monoisotopic (exact) mass is 399 g/mol. The van der Waals surface area contributed by atoms with E-state index in [1.807, 2.05) is 25.2 Å². The van der Waals surface area contributed by atoms with E-state index in [-0.39, 0.29) is 18.0 Å². The van der Waals surface area contributed by atoms with E-state index in [1.54, 1.807) is 35.0 Å². The van der Waals surface area contributed by atoms with Gasteiger partial charge in [-0.2, -0.15) is 0 Å². The molecule has 0 radical (unpaired) electrons. The standard InChI is InChI=1S/C13H11ClN2O3.C8H11N/c1-9(17)12-3-2-6-15(12)8-10-4-5-11(14)7-13(10)16(18)19;1-9-7-8-5-3-2-4-6-8/h2-7H,8H2,1H3;2-6,9H,7H2,1H3. The maximum Gasteiger partial charge on any atom is 0.275 e. The maximum atomic E-state index is 11.4. The van der Waals surface area contributed by atoms with Gasteiger partial charge in [-0.15, -0.1) is 0 Å². The topological polar surface area (TPSA) is 77.2 Å². The second-order valence-corrected chi connectivity index (χ2v) is 6.56. The highest BCUT2D eigenvalue weighted by atomic mass is 35.5. The molecule has 1 aromatic heterocycles. The molecule has 0 unspecified atom stereocenters. The number of aromatic nitrogens is 1. The van der Waals surface area contributed by atoms with Gasteiger partial charge in [0.25, 0.3) is 5.69 Å². The Morgan fingerprint density at radius 1 is 1.14 bits per heavy atom. The van der Waals surface area contributed by atoms with E-state index in [4.69, 9.17) is 11.6 Å². The van der Waals surface area contributed by atoms with Crippen molar-refractivity contribution in [2.75, 3.05) is 7.05 Å². The molecule has 3 aromatic rings. The zero-order valence-corrected chi connectivity index (χ0v) is 16.5. The molecule has 0 atom stereocenters. The van der Waals surface area contributed by atoms with Crippen LogP contribution < -0.4 is 5.32 Å². The van der Waals surface area contributed by atoms with Crippen LogP contribution in [0.15, 0.2) is 66.9 Å². The Morgan fingerprint density at radius 3 is 2.46 bits per heavy atom. The van der Waals surface area contributed by atoms with Crippen molar-refractivity contribution in [3.63, 3.8) is 0 Å². The Morgan fingerprint density at radius 2 is 1.86 bits per heavy atom. The number of benzene rings is 2. The number of halogens is 1. The fourth-order valence-electron chi connectivity index (χ4n) is 2.70. The Labute approximate surface area is 168 Å². The van der Waals surface area contributed by atoms with Gasteiger partial charge in [0.15, 0.2) is 5.78 Å². The molecule has 0 amide bonds. The Balaban J connectivity index is 0.000000261. The molecule has 0 bridgehead atoms. The van der Waals surface area contributed by atoms with Crippen molar-refractivity contribution in [1.82, 2.24) is 9.88 Å². The smallest absolute Gasteiger partial charge is 0.275 e. The first kappa shape index (κ1) is 21.3. The number of Topliss-reactive ketones (excluding diaryl/α,β-unsaturated/α-hetero) is 1. The van der Waals surface area contributed by atoms with Gasteiger partial charge >= 0.3 is 0 Å². The lowest BCUT2D eigenvalue weighted by atomic mass is 10.1. The molecule has 1 heterocycles. The lowest BCUT2D eigenvalue weighted by Gasteiger charge is -2.08. The average Bonchev–Trinajstić information content (AvgIpc) is 3.13. The second kappa shape index (κ2) is 10.4. The van der Waals surface area contributed by atoms with Crippen LogP contribution in [0.1, 0.15) is 28.5 Å². The molecule has 146 valence electrons. The predicted octanol–water partition coefficient (Wildman–Crippen LogP) is 4.71. The van der Waals surface area contributed by atoms with E-state index in [9.17, 15) is 14.9 Å². The fourth-order valence-corrected chi connectivity index (χ4v) is 2.86. The Hall–Kier alpha value is -2.96. The van der Waals surface area contributed by atoms with Crippen molar-refractivity contribution in [3.05, 3.63) is 98.8 Å². The third-order valence-corrected chi connectivity index (χ3v) is 4.23. The fraction of sp³-hybridized carbons (Fsp3) is 0.190. The van der Waals surface area contributed by atoms with Crippen molar-refractivity contribution in [3.8, 4) is 0 Å². The number of nitrogens with one attached hydrogen (secondary N) is 1. The minimum Gasteiger partial charge on any atom is -0.340 e. The highest BCUT2D eigenvalue weighted by Gasteiger charge is 2.16. The molecular formula is C21H22ClN3O3. The van der Waals surface area contributed by atoms with E-state index in [1.165, 1.54) is 18.6 Å². The van der Waals surface area contributed by atoms with Crippen LogP contribution in [-0.4, -0.2) is 22.3 Å². The lowest BCUT2D eigenvalue weighted by molar-refractivity contribution is -0.385. The van der Waals surface area contributed by atoms with Crippen LogP contribution >= 0.6 is 11.6 Å². The molecule has 0 spiro atoms. The summed E-state index contributed by atoms with van der Waals surface area (Å²) in [5.41, 5.74) is 2.31. The molecule has 3 rings (SSSR count). The van der Waals surface area contributed by atoms with E-state index in [0.717, 1.165) is 6.54 Å². The van der Waals surface area contributed by atoms with Gasteiger partial charge in [-0.25, -0.2) is 0 Å². The zero-order chi connectivity index (χ0) is 20.5. The van der Waals surface area contributed by atoms with Crippen LogP contribution in [0.2, 0.25) is 5.02 Å². The molecule has 0 fully saturated rings. The minimum atomic E-state index is -0.474. The van der Waals surface area contributed by atoms with Gasteiger partial charge in [-0.05, 0) is 36.9 Å². The molecule has 0 aliphatic rings. The van der Waals surface area contributed by atoms with Crippen LogP contribution in [0.3, 0.4) is 0 Å². The van der Waals surface area contributed by atoms with Gasteiger partial charge in [0.2, 0.25) is 0 Å². The summed E-state index contributed by atoms with van der Waals surface area (Å²) in [5, 5.41) is 14.4. The summed E-state index contributed by atoms with van der Waals surface area (Å²) < 4.78 is 1.68. The minimum absolute atomic E-state index is 0.0456.